The van der Waals surface area contributed by atoms with E-state index in [2.05, 4.69) is 10.3 Å². The molecule has 21 heavy (non-hydrogen) atoms. The van der Waals surface area contributed by atoms with Crippen molar-refractivity contribution in [2.45, 2.75) is 19.8 Å². The zero-order valence-electron chi connectivity index (χ0n) is 11.2. The minimum atomic E-state index is -0.895. The number of imidazole rings is 1. The molecule has 0 saturated heterocycles. The van der Waals surface area contributed by atoms with Gasteiger partial charge in [0.1, 0.15) is 5.69 Å². The van der Waals surface area contributed by atoms with Crippen molar-refractivity contribution in [3.05, 3.63) is 33.7 Å². The second-order valence-corrected chi connectivity index (χ2v) is 5.34. The number of aliphatic carboxylic acids is 1. The Kier molecular flexibility index (Phi) is 4.69. The van der Waals surface area contributed by atoms with E-state index in [1.54, 1.807) is 19.2 Å². The molecule has 0 atom stereocenters. The average molecular weight is 330 g/mol. The van der Waals surface area contributed by atoms with Gasteiger partial charge in [-0.2, -0.15) is 0 Å². The van der Waals surface area contributed by atoms with Crippen LogP contribution in [0.15, 0.2) is 12.3 Å². The molecule has 2 rings (SSSR count). The summed E-state index contributed by atoms with van der Waals surface area (Å²) >= 11 is 12.0. The third-order valence-corrected chi connectivity index (χ3v) is 3.37. The molecule has 0 aliphatic carbocycles. The van der Waals surface area contributed by atoms with Gasteiger partial charge in [0.15, 0.2) is 5.65 Å². The van der Waals surface area contributed by atoms with Crippen LogP contribution in [-0.4, -0.2) is 32.9 Å². The predicted octanol–water partition coefficient (Wildman–Crippen LogP) is 2.54. The molecule has 2 heterocycles. The molecule has 8 heteroatoms. The van der Waals surface area contributed by atoms with E-state index >= 15 is 0 Å². The lowest BCUT2D eigenvalue weighted by atomic mass is 10.3. The number of hydrogen-bond acceptors (Lipinski definition) is 3. The fraction of sp³-hybridized carbons (Fsp3) is 0.308. The highest BCUT2D eigenvalue weighted by Crippen LogP contribution is 2.24. The minimum absolute atomic E-state index is 0.00404. The van der Waals surface area contributed by atoms with Gasteiger partial charge in [-0.25, -0.2) is 4.98 Å². The van der Waals surface area contributed by atoms with Crippen molar-refractivity contribution in [2.24, 2.45) is 0 Å². The first-order valence-corrected chi connectivity index (χ1v) is 6.99. The summed E-state index contributed by atoms with van der Waals surface area (Å²) in [5.74, 6) is -1.24. The Bertz CT molecular complexity index is 712. The number of nitrogens with zero attached hydrogens (tertiary/aromatic N) is 2. The van der Waals surface area contributed by atoms with Crippen molar-refractivity contribution in [3.63, 3.8) is 0 Å². The lowest BCUT2D eigenvalue weighted by molar-refractivity contribution is -0.137. The standard InChI is InChI=1S/C13H13Cl2N3O3/c1-7-11(13(21)16-4-2-3-10(19)20)18-6-8(14)5-9(15)12(18)17-7/h5-6H,2-4H2,1H3,(H,16,21)(H,19,20). The fourth-order valence-corrected chi connectivity index (χ4v) is 2.50. The number of carboxylic acids is 1. The molecule has 2 aromatic heterocycles. The molecule has 2 N–H and O–H groups in total. The van der Waals surface area contributed by atoms with Gasteiger partial charge in [-0.05, 0) is 19.4 Å². The van der Waals surface area contributed by atoms with E-state index in [0.717, 1.165) is 0 Å². The summed E-state index contributed by atoms with van der Waals surface area (Å²) in [6.07, 6.45) is 1.93. The van der Waals surface area contributed by atoms with Crippen LogP contribution in [0.5, 0.6) is 0 Å². The maximum absolute atomic E-state index is 12.2. The summed E-state index contributed by atoms with van der Waals surface area (Å²) in [6.45, 7) is 1.97. The average Bonchev–Trinajstić information content (AvgIpc) is 2.71. The van der Waals surface area contributed by atoms with Crippen molar-refractivity contribution in [1.29, 1.82) is 0 Å². The summed E-state index contributed by atoms with van der Waals surface area (Å²) in [5, 5.41) is 12.0. The van der Waals surface area contributed by atoms with Crippen LogP contribution in [0.4, 0.5) is 0 Å². The minimum Gasteiger partial charge on any atom is -0.481 e. The van der Waals surface area contributed by atoms with Crippen molar-refractivity contribution in [1.82, 2.24) is 14.7 Å². The van der Waals surface area contributed by atoms with E-state index in [1.807, 2.05) is 0 Å². The van der Waals surface area contributed by atoms with Crippen LogP contribution in [0, 0.1) is 6.92 Å². The first-order valence-electron chi connectivity index (χ1n) is 6.24. The van der Waals surface area contributed by atoms with Gasteiger partial charge >= 0.3 is 5.97 Å². The van der Waals surface area contributed by atoms with E-state index in [-0.39, 0.29) is 18.9 Å². The number of carbonyl (C=O) groups excluding carboxylic acids is 1. The van der Waals surface area contributed by atoms with Crippen LogP contribution in [0.1, 0.15) is 29.0 Å². The van der Waals surface area contributed by atoms with Gasteiger partial charge < -0.3 is 10.4 Å². The van der Waals surface area contributed by atoms with Gasteiger partial charge in [0.25, 0.3) is 5.91 Å². The smallest absolute Gasteiger partial charge is 0.303 e. The van der Waals surface area contributed by atoms with Crippen LogP contribution in [0.3, 0.4) is 0 Å². The molecule has 1 amide bonds. The number of carbonyl (C=O) groups is 2. The Labute approximate surface area is 130 Å². The molecule has 0 radical (unpaired) electrons. The lowest BCUT2D eigenvalue weighted by Gasteiger charge is -2.06. The van der Waals surface area contributed by atoms with E-state index in [0.29, 0.717) is 33.5 Å². The van der Waals surface area contributed by atoms with Gasteiger partial charge in [-0.1, -0.05) is 23.2 Å². The molecule has 2 aromatic rings. The zero-order valence-corrected chi connectivity index (χ0v) is 12.7. The number of rotatable bonds is 5. The number of pyridine rings is 1. The Morgan fingerprint density at radius 1 is 1.43 bits per heavy atom. The van der Waals surface area contributed by atoms with Crippen LogP contribution in [0.25, 0.3) is 5.65 Å². The normalized spacial score (nSPS) is 10.8. The molecule has 0 aromatic carbocycles. The Morgan fingerprint density at radius 3 is 2.81 bits per heavy atom. The second-order valence-electron chi connectivity index (χ2n) is 4.50. The number of aryl methyl sites for hydroxylation is 1. The number of amides is 1. The third-order valence-electron chi connectivity index (χ3n) is 2.88. The molecule has 0 bridgehead atoms. The number of fused-ring (bicyclic) bond motifs is 1. The molecule has 0 spiro atoms. The van der Waals surface area contributed by atoms with Crippen LogP contribution >= 0.6 is 23.2 Å². The van der Waals surface area contributed by atoms with E-state index in [4.69, 9.17) is 28.3 Å². The van der Waals surface area contributed by atoms with E-state index in [9.17, 15) is 9.59 Å². The molecular weight excluding hydrogens is 317 g/mol. The van der Waals surface area contributed by atoms with Gasteiger partial charge in [-0.3, -0.25) is 14.0 Å². The zero-order chi connectivity index (χ0) is 15.6. The van der Waals surface area contributed by atoms with Crippen molar-refractivity contribution in [3.8, 4) is 0 Å². The summed E-state index contributed by atoms with van der Waals surface area (Å²) in [5.41, 5.74) is 1.31. The largest absolute Gasteiger partial charge is 0.481 e. The molecule has 6 nitrogen and oxygen atoms in total. The van der Waals surface area contributed by atoms with E-state index < -0.39 is 5.97 Å². The molecule has 0 fully saturated rings. The SMILES string of the molecule is Cc1nc2c(Cl)cc(Cl)cn2c1C(=O)NCCCC(=O)O. The number of nitrogens with one attached hydrogen (secondary N) is 1. The number of hydrogen-bond donors (Lipinski definition) is 2. The Hall–Kier alpha value is -1.79. The highest BCUT2D eigenvalue weighted by atomic mass is 35.5. The van der Waals surface area contributed by atoms with Crippen LogP contribution in [-0.2, 0) is 4.79 Å². The summed E-state index contributed by atoms with van der Waals surface area (Å²) in [7, 11) is 0. The topological polar surface area (TPSA) is 83.7 Å². The highest BCUT2D eigenvalue weighted by molar-refractivity contribution is 6.36. The molecule has 112 valence electrons. The summed E-state index contributed by atoms with van der Waals surface area (Å²) in [4.78, 5) is 26.9. The Balaban J connectivity index is 2.23. The molecule has 0 saturated carbocycles. The lowest BCUT2D eigenvalue weighted by Crippen LogP contribution is -2.26. The van der Waals surface area contributed by atoms with Crippen molar-refractivity contribution >= 4 is 40.7 Å². The monoisotopic (exact) mass is 329 g/mol. The fourth-order valence-electron chi connectivity index (χ4n) is 1.99. The molecular formula is C13H13Cl2N3O3. The molecule has 0 aliphatic heterocycles. The van der Waals surface area contributed by atoms with Crippen LogP contribution in [0.2, 0.25) is 10.0 Å². The number of carboxylic acid groups (broad SMARTS) is 1. The molecule has 0 aliphatic rings. The highest BCUT2D eigenvalue weighted by Gasteiger charge is 2.18. The first kappa shape index (κ1) is 15.6. The van der Waals surface area contributed by atoms with Crippen molar-refractivity contribution in [2.75, 3.05) is 6.54 Å². The van der Waals surface area contributed by atoms with Crippen LogP contribution < -0.4 is 5.32 Å². The maximum Gasteiger partial charge on any atom is 0.303 e. The molecule has 0 unspecified atom stereocenters. The van der Waals surface area contributed by atoms with Crippen molar-refractivity contribution < 1.29 is 14.7 Å². The summed E-state index contributed by atoms with van der Waals surface area (Å²) < 4.78 is 1.53. The maximum atomic E-state index is 12.2. The quantitative estimate of drug-likeness (QED) is 0.825. The second kappa shape index (κ2) is 6.32. The predicted molar refractivity (Wildman–Crippen MR) is 79.2 cm³/mol. The van der Waals surface area contributed by atoms with Gasteiger partial charge in [0.05, 0.1) is 15.7 Å². The van der Waals surface area contributed by atoms with E-state index in [1.165, 1.54) is 4.40 Å². The number of halogens is 2. The summed E-state index contributed by atoms with van der Waals surface area (Å²) in [6, 6.07) is 1.55. The third kappa shape index (κ3) is 3.46. The van der Waals surface area contributed by atoms with Gasteiger partial charge in [0.2, 0.25) is 0 Å². The Morgan fingerprint density at radius 2 is 2.14 bits per heavy atom. The first-order chi connectivity index (χ1) is 9.90. The van der Waals surface area contributed by atoms with Gasteiger partial charge in [-0.15, -0.1) is 0 Å². The number of aromatic nitrogens is 2. The van der Waals surface area contributed by atoms with Gasteiger partial charge in [0, 0.05) is 19.2 Å².